The maximum absolute atomic E-state index is 4.14. The molecule has 1 aromatic rings. The van der Waals surface area contributed by atoms with Gasteiger partial charge >= 0.3 is 0 Å². The van der Waals surface area contributed by atoms with Gasteiger partial charge in [0.2, 0.25) is 0 Å². The highest BCUT2D eigenvalue weighted by Gasteiger charge is 2.34. The number of fused-ring (bicyclic) bond motifs is 3. The van der Waals surface area contributed by atoms with Crippen LogP contribution in [0, 0.1) is 5.92 Å². The van der Waals surface area contributed by atoms with Gasteiger partial charge in [-0.25, -0.2) is 0 Å². The maximum atomic E-state index is 4.14. The van der Waals surface area contributed by atoms with Crippen LogP contribution in [0.15, 0.2) is 18.5 Å². The van der Waals surface area contributed by atoms with Crippen LogP contribution in [0.25, 0.3) is 0 Å². The van der Waals surface area contributed by atoms with E-state index < -0.39 is 0 Å². The van der Waals surface area contributed by atoms with E-state index in [0.29, 0.717) is 6.04 Å². The Kier molecular flexibility index (Phi) is 1.66. The molecule has 2 atom stereocenters. The minimum absolute atomic E-state index is 0.685. The minimum atomic E-state index is 0.685. The van der Waals surface area contributed by atoms with Crippen molar-refractivity contribution in [3.05, 3.63) is 18.5 Å². The second-order valence-electron chi connectivity index (χ2n) is 4.30. The van der Waals surface area contributed by atoms with Gasteiger partial charge < -0.3 is 10.2 Å². The van der Waals surface area contributed by atoms with Gasteiger partial charge in [-0.2, -0.15) is 0 Å². The Balaban J connectivity index is 2.03. The second-order valence-corrected chi connectivity index (χ2v) is 4.30. The van der Waals surface area contributed by atoms with E-state index in [1.165, 1.54) is 24.3 Å². The molecule has 0 saturated carbocycles. The number of hydrogen-bond donors (Lipinski definition) is 1. The monoisotopic (exact) mass is 189 g/mol. The molecule has 0 aliphatic carbocycles. The summed E-state index contributed by atoms with van der Waals surface area (Å²) in [5.41, 5.74) is 2.53. The summed E-state index contributed by atoms with van der Waals surface area (Å²) in [6.07, 6.45) is 5.12. The third-order valence-corrected chi connectivity index (χ3v) is 3.49. The van der Waals surface area contributed by atoms with E-state index in [9.17, 15) is 0 Å². The van der Waals surface area contributed by atoms with E-state index in [1.54, 1.807) is 0 Å². The fourth-order valence-electron chi connectivity index (χ4n) is 2.61. The smallest absolute Gasteiger partial charge is 0.0765 e. The first kappa shape index (κ1) is 8.09. The lowest BCUT2D eigenvalue weighted by molar-refractivity contribution is 0.523. The van der Waals surface area contributed by atoms with Crippen LogP contribution in [0.2, 0.25) is 0 Å². The number of pyridine rings is 1. The summed E-state index contributed by atoms with van der Waals surface area (Å²) in [4.78, 5) is 6.67. The summed E-state index contributed by atoms with van der Waals surface area (Å²) in [7, 11) is 0. The van der Waals surface area contributed by atoms with Gasteiger partial charge in [-0.05, 0) is 18.4 Å². The van der Waals surface area contributed by atoms with Gasteiger partial charge in [0, 0.05) is 25.3 Å². The summed E-state index contributed by atoms with van der Waals surface area (Å²) < 4.78 is 0. The molecule has 14 heavy (non-hydrogen) atoms. The zero-order valence-corrected chi connectivity index (χ0v) is 8.40. The van der Waals surface area contributed by atoms with Crippen LogP contribution in [0.3, 0.4) is 0 Å². The number of aromatic nitrogens is 1. The molecular formula is C11H15N3. The van der Waals surface area contributed by atoms with Crippen molar-refractivity contribution in [1.29, 1.82) is 0 Å². The highest BCUT2D eigenvalue weighted by Crippen LogP contribution is 2.37. The van der Waals surface area contributed by atoms with Gasteiger partial charge in [0.1, 0.15) is 0 Å². The topological polar surface area (TPSA) is 28.2 Å². The van der Waals surface area contributed by atoms with Gasteiger partial charge in [-0.3, -0.25) is 4.98 Å². The minimum Gasteiger partial charge on any atom is -0.380 e. The summed E-state index contributed by atoms with van der Waals surface area (Å²) in [5, 5.41) is 3.46. The predicted octanol–water partition coefficient (Wildman–Crippen LogP) is 1.72. The molecule has 1 saturated heterocycles. The van der Waals surface area contributed by atoms with E-state index in [2.05, 4.69) is 28.2 Å². The standard InChI is InChI=1S/C11H15N3/c1-8-3-5-14-10-2-4-12-6-9(10)13-7-11(8)14/h2,4,6,8,11,13H,3,5,7H2,1H3. The molecule has 0 spiro atoms. The molecule has 3 rings (SSSR count). The molecule has 2 aliphatic heterocycles. The van der Waals surface area contributed by atoms with Crippen LogP contribution in [-0.2, 0) is 0 Å². The van der Waals surface area contributed by atoms with Gasteiger partial charge in [-0.15, -0.1) is 0 Å². The average molecular weight is 189 g/mol. The molecule has 74 valence electrons. The highest BCUT2D eigenvalue weighted by atomic mass is 15.2. The van der Waals surface area contributed by atoms with Gasteiger partial charge in [0.25, 0.3) is 0 Å². The van der Waals surface area contributed by atoms with Gasteiger partial charge in [-0.1, -0.05) is 6.92 Å². The van der Waals surface area contributed by atoms with Crippen LogP contribution in [-0.4, -0.2) is 24.1 Å². The van der Waals surface area contributed by atoms with Gasteiger partial charge in [0.15, 0.2) is 0 Å². The molecule has 1 fully saturated rings. The predicted molar refractivity (Wildman–Crippen MR) is 57.6 cm³/mol. The zero-order chi connectivity index (χ0) is 9.54. The Morgan fingerprint density at radius 1 is 1.57 bits per heavy atom. The first-order chi connectivity index (χ1) is 6.86. The summed E-state index contributed by atoms with van der Waals surface area (Å²) in [6, 6.07) is 2.80. The lowest BCUT2D eigenvalue weighted by atomic mass is 10.0. The van der Waals surface area contributed by atoms with Crippen molar-refractivity contribution in [3.63, 3.8) is 0 Å². The molecule has 0 amide bonds. The van der Waals surface area contributed by atoms with E-state index in [1.807, 2.05) is 12.4 Å². The quantitative estimate of drug-likeness (QED) is 0.673. The summed E-state index contributed by atoms with van der Waals surface area (Å²) in [6.45, 7) is 4.61. The number of rotatable bonds is 0. The van der Waals surface area contributed by atoms with Crippen molar-refractivity contribution in [2.45, 2.75) is 19.4 Å². The number of anilines is 2. The van der Waals surface area contributed by atoms with E-state index in [-0.39, 0.29) is 0 Å². The molecule has 0 bridgehead atoms. The van der Waals surface area contributed by atoms with Crippen LogP contribution >= 0.6 is 0 Å². The SMILES string of the molecule is CC1CCN2c3ccncc3NCC12. The molecule has 2 aliphatic rings. The van der Waals surface area contributed by atoms with Crippen molar-refractivity contribution >= 4 is 11.4 Å². The average Bonchev–Trinajstić information content (AvgIpc) is 2.61. The third kappa shape index (κ3) is 1.01. The lowest BCUT2D eigenvalue weighted by Gasteiger charge is -2.35. The maximum Gasteiger partial charge on any atom is 0.0765 e. The molecule has 1 aromatic heterocycles. The summed E-state index contributed by atoms with van der Waals surface area (Å²) in [5.74, 6) is 0.809. The zero-order valence-electron chi connectivity index (χ0n) is 8.40. The number of nitrogens with one attached hydrogen (secondary N) is 1. The van der Waals surface area contributed by atoms with Crippen molar-refractivity contribution in [1.82, 2.24) is 4.98 Å². The number of hydrogen-bond acceptors (Lipinski definition) is 3. The van der Waals surface area contributed by atoms with Crippen LogP contribution in [0.4, 0.5) is 11.4 Å². The lowest BCUT2D eigenvalue weighted by Crippen LogP contribution is -2.41. The molecule has 1 N–H and O–H groups in total. The van der Waals surface area contributed by atoms with E-state index >= 15 is 0 Å². The fraction of sp³-hybridized carbons (Fsp3) is 0.545. The van der Waals surface area contributed by atoms with E-state index in [4.69, 9.17) is 0 Å². The van der Waals surface area contributed by atoms with Crippen molar-refractivity contribution < 1.29 is 0 Å². The molecule has 3 heteroatoms. The van der Waals surface area contributed by atoms with Crippen LogP contribution in [0.5, 0.6) is 0 Å². The van der Waals surface area contributed by atoms with Crippen molar-refractivity contribution in [3.8, 4) is 0 Å². The first-order valence-electron chi connectivity index (χ1n) is 5.31. The normalized spacial score (nSPS) is 29.4. The Labute approximate surface area is 84.1 Å². The van der Waals surface area contributed by atoms with Gasteiger partial charge in [0.05, 0.1) is 17.6 Å². The molecule has 0 radical (unpaired) electrons. The van der Waals surface area contributed by atoms with Crippen molar-refractivity contribution in [2.75, 3.05) is 23.3 Å². The largest absolute Gasteiger partial charge is 0.380 e. The van der Waals surface area contributed by atoms with Crippen LogP contribution < -0.4 is 10.2 Å². The third-order valence-electron chi connectivity index (χ3n) is 3.49. The number of nitrogens with zero attached hydrogens (tertiary/aromatic N) is 2. The summed E-state index contributed by atoms with van der Waals surface area (Å²) >= 11 is 0. The Bertz CT molecular complexity index is 350. The molecule has 2 unspecified atom stereocenters. The Morgan fingerprint density at radius 2 is 2.50 bits per heavy atom. The molecule has 3 heterocycles. The molecular weight excluding hydrogens is 174 g/mol. The van der Waals surface area contributed by atoms with E-state index in [0.717, 1.165) is 12.5 Å². The fourth-order valence-corrected chi connectivity index (χ4v) is 2.61. The second kappa shape index (κ2) is 2.87. The Hall–Kier alpha value is -1.25. The van der Waals surface area contributed by atoms with Crippen molar-refractivity contribution in [2.24, 2.45) is 5.92 Å². The molecule has 0 aromatic carbocycles. The first-order valence-corrected chi connectivity index (χ1v) is 5.31. The highest BCUT2D eigenvalue weighted by molar-refractivity contribution is 5.72. The van der Waals surface area contributed by atoms with Crippen LogP contribution in [0.1, 0.15) is 13.3 Å². The Morgan fingerprint density at radius 3 is 3.43 bits per heavy atom. The molecule has 3 nitrogen and oxygen atoms in total.